The molecule has 0 fully saturated rings. The lowest BCUT2D eigenvalue weighted by molar-refractivity contribution is 0.170. The summed E-state index contributed by atoms with van der Waals surface area (Å²) in [7, 11) is 3.38. The molecule has 2 heterocycles. The summed E-state index contributed by atoms with van der Waals surface area (Å²) < 4.78 is 5.12. The summed E-state index contributed by atoms with van der Waals surface area (Å²) >= 11 is 0. The van der Waals surface area contributed by atoms with Gasteiger partial charge in [-0.05, 0) is 6.42 Å². The highest BCUT2D eigenvalue weighted by Gasteiger charge is 2.13. The van der Waals surface area contributed by atoms with E-state index in [1.807, 2.05) is 0 Å². The van der Waals surface area contributed by atoms with E-state index < -0.39 is 0 Å². The van der Waals surface area contributed by atoms with Crippen molar-refractivity contribution in [1.29, 1.82) is 0 Å². The van der Waals surface area contributed by atoms with E-state index in [0.717, 1.165) is 5.39 Å². The Kier molecular flexibility index (Phi) is 4.48. The first-order valence-electron chi connectivity index (χ1n) is 6.03. The van der Waals surface area contributed by atoms with E-state index in [0.29, 0.717) is 30.4 Å². The van der Waals surface area contributed by atoms with Crippen molar-refractivity contribution in [2.45, 2.75) is 12.5 Å². The molecular weight excluding hydrogens is 248 g/mol. The van der Waals surface area contributed by atoms with Crippen LogP contribution >= 0.6 is 0 Å². The lowest BCUT2D eigenvalue weighted by Gasteiger charge is -2.18. The number of H-pyrrole nitrogens is 1. The van der Waals surface area contributed by atoms with Gasteiger partial charge in [-0.25, -0.2) is 0 Å². The van der Waals surface area contributed by atoms with Gasteiger partial charge < -0.3 is 20.5 Å². The van der Waals surface area contributed by atoms with Gasteiger partial charge in [0.1, 0.15) is 5.82 Å². The zero-order chi connectivity index (χ0) is 13.7. The standard InChI is InChI=1S/C11H18N6O2/c1-12-11-15-9(8-5-13-17-10(8)16-11)14-7(3-4-18)6-19-2/h5,7,18H,3-4,6H2,1-2H3,(H3,12,13,14,15,16,17). The molecule has 0 spiro atoms. The largest absolute Gasteiger partial charge is 0.396 e. The minimum Gasteiger partial charge on any atom is -0.396 e. The fraction of sp³-hybridized carbons (Fsp3) is 0.545. The molecule has 0 aliphatic rings. The van der Waals surface area contributed by atoms with Gasteiger partial charge in [0.05, 0.1) is 24.2 Å². The SMILES string of the molecule is CNc1nc(NC(CCO)COC)c2cn[nH]c2n1. The molecule has 8 heteroatoms. The first kappa shape index (κ1) is 13.5. The fourth-order valence-corrected chi connectivity index (χ4v) is 1.80. The number of aromatic amines is 1. The number of aliphatic hydroxyl groups excluding tert-OH is 1. The molecule has 104 valence electrons. The molecule has 0 aromatic carbocycles. The number of aliphatic hydroxyl groups is 1. The van der Waals surface area contributed by atoms with Crippen LogP contribution in [0, 0.1) is 0 Å². The van der Waals surface area contributed by atoms with E-state index >= 15 is 0 Å². The Hall–Kier alpha value is -1.93. The van der Waals surface area contributed by atoms with Gasteiger partial charge >= 0.3 is 0 Å². The van der Waals surface area contributed by atoms with Crippen molar-refractivity contribution in [2.24, 2.45) is 0 Å². The van der Waals surface area contributed by atoms with Gasteiger partial charge in [-0.15, -0.1) is 0 Å². The van der Waals surface area contributed by atoms with Crippen LogP contribution in [0.2, 0.25) is 0 Å². The minimum absolute atomic E-state index is 0.0206. The first-order valence-corrected chi connectivity index (χ1v) is 6.03. The highest BCUT2D eigenvalue weighted by molar-refractivity contribution is 5.87. The van der Waals surface area contributed by atoms with Crippen LogP contribution in [0.15, 0.2) is 6.20 Å². The van der Waals surface area contributed by atoms with Crippen LogP contribution in [0.4, 0.5) is 11.8 Å². The number of fused-ring (bicyclic) bond motifs is 1. The molecule has 0 saturated heterocycles. The second-order valence-corrected chi connectivity index (χ2v) is 4.09. The maximum absolute atomic E-state index is 9.06. The lowest BCUT2D eigenvalue weighted by Crippen LogP contribution is -2.26. The molecule has 2 aromatic rings. The lowest BCUT2D eigenvalue weighted by atomic mass is 10.2. The Morgan fingerprint density at radius 1 is 1.47 bits per heavy atom. The van der Waals surface area contributed by atoms with E-state index in [2.05, 4.69) is 30.8 Å². The summed E-state index contributed by atoms with van der Waals surface area (Å²) in [5.74, 6) is 1.16. The number of ether oxygens (including phenoxy) is 1. The number of methoxy groups -OCH3 is 1. The molecule has 19 heavy (non-hydrogen) atoms. The summed E-state index contributed by atoms with van der Waals surface area (Å²) in [6, 6.07) is -0.0206. The van der Waals surface area contributed by atoms with Crippen LogP contribution in [-0.4, -0.2) is 58.7 Å². The maximum Gasteiger partial charge on any atom is 0.226 e. The molecule has 0 amide bonds. The third-order valence-corrected chi connectivity index (χ3v) is 2.72. The van der Waals surface area contributed by atoms with Crippen molar-refractivity contribution in [3.63, 3.8) is 0 Å². The van der Waals surface area contributed by atoms with Gasteiger partial charge in [0, 0.05) is 20.8 Å². The highest BCUT2D eigenvalue weighted by Crippen LogP contribution is 2.20. The fourth-order valence-electron chi connectivity index (χ4n) is 1.80. The van der Waals surface area contributed by atoms with Gasteiger partial charge in [-0.2, -0.15) is 15.1 Å². The summed E-state index contributed by atoms with van der Waals surface area (Å²) in [5, 5.41) is 22.8. The summed E-state index contributed by atoms with van der Waals surface area (Å²) in [6.07, 6.45) is 2.24. The molecule has 4 N–H and O–H groups in total. The number of nitrogens with zero attached hydrogens (tertiary/aromatic N) is 3. The molecule has 0 radical (unpaired) electrons. The third-order valence-electron chi connectivity index (χ3n) is 2.72. The number of aromatic nitrogens is 4. The van der Waals surface area contributed by atoms with Crippen LogP contribution in [0.25, 0.3) is 11.0 Å². The Morgan fingerprint density at radius 3 is 3.00 bits per heavy atom. The van der Waals surface area contributed by atoms with Crippen molar-refractivity contribution in [2.75, 3.05) is 38.0 Å². The molecule has 1 unspecified atom stereocenters. The third kappa shape index (κ3) is 3.09. The second kappa shape index (κ2) is 6.30. The molecule has 2 rings (SSSR count). The van der Waals surface area contributed by atoms with E-state index in [9.17, 15) is 0 Å². The quantitative estimate of drug-likeness (QED) is 0.567. The Balaban J connectivity index is 2.28. The maximum atomic E-state index is 9.06. The molecule has 0 saturated carbocycles. The van der Waals surface area contributed by atoms with Crippen molar-refractivity contribution in [3.8, 4) is 0 Å². The van der Waals surface area contributed by atoms with Crippen molar-refractivity contribution in [3.05, 3.63) is 6.20 Å². The number of nitrogens with one attached hydrogen (secondary N) is 3. The number of hydrogen-bond acceptors (Lipinski definition) is 7. The van der Waals surface area contributed by atoms with Crippen molar-refractivity contribution < 1.29 is 9.84 Å². The Labute approximate surface area is 110 Å². The number of rotatable bonds is 7. The van der Waals surface area contributed by atoms with E-state index in [1.165, 1.54) is 0 Å². The smallest absolute Gasteiger partial charge is 0.226 e. The highest BCUT2D eigenvalue weighted by atomic mass is 16.5. The van der Waals surface area contributed by atoms with Crippen molar-refractivity contribution in [1.82, 2.24) is 20.2 Å². The van der Waals surface area contributed by atoms with E-state index in [1.54, 1.807) is 20.4 Å². The molecule has 8 nitrogen and oxygen atoms in total. The molecule has 2 aromatic heterocycles. The number of hydrogen-bond donors (Lipinski definition) is 4. The Morgan fingerprint density at radius 2 is 2.32 bits per heavy atom. The van der Waals surface area contributed by atoms with Crippen LogP contribution in [0.5, 0.6) is 0 Å². The summed E-state index contributed by atoms with van der Waals surface area (Å²) in [5.41, 5.74) is 0.655. The van der Waals surface area contributed by atoms with E-state index in [4.69, 9.17) is 9.84 Å². The van der Waals surface area contributed by atoms with Gasteiger partial charge in [0.25, 0.3) is 0 Å². The van der Waals surface area contributed by atoms with Gasteiger partial charge in [0.15, 0.2) is 5.65 Å². The minimum atomic E-state index is -0.0206. The zero-order valence-corrected chi connectivity index (χ0v) is 11.0. The zero-order valence-electron chi connectivity index (χ0n) is 11.0. The molecule has 0 aliphatic carbocycles. The Bertz CT molecular complexity index is 523. The molecule has 1 atom stereocenters. The predicted molar refractivity (Wildman–Crippen MR) is 72.2 cm³/mol. The van der Waals surface area contributed by atoms with E-state index in [-0.39, 0.29) is 12.6 Å². The summed E-state index contributed by atoms with van der Waals surface area (Å²) in [4.78, 5) is 8.62. The molecule has 0 aliphatic heterocycles. The van der Waals surface area contributed by atoms with Crippen LogP contribution in [-0.2, 0) is 4.74 Å². The van der Waals surface area contributed by atoms with Crippen molar-refractivity contribution >= 4 is 22.8 Å². The number of anilines is 2. The van der Waals surface area contributed by atoms with Gasteiger partial charge in [-0.1, -0.05) is 0 Å². The average molecular weight is 266 g/mol. The first-order chi connectivity index (χ1) is 9.28. The average Bonchev–Trinajstić information content (AvgIpc) is 2.87. The second-order valence-electron chi connectivity index (χ2n) is 4.09. The van der Waals surface area contributed by atoms with Gasteiger partial charge in [-0.3, -0.25) is 5.10 Å². The van der Waals surface area contributed by atoms with Gasteiger partial charge in [0.2, 0.25) is 5.95 Å². The van der Waals surface area contributed by atoms with Crippen LogP contribution in [0.3, 0.4) is 0 Å². The molecular formula is C11H18N6O2. The monoisotopic (exact) mass is 266 g/mol. The van der Waals surface area contributed by atoms with Crippen LogP contribution < -0.4 is 10.6 Å². The molecule has 0 bridgehead atoms. The topological polar surface area (TPSA) is 108 Å². The summed E-state index contributed by atoms with van der Waals surface area (Å²) in [6.45, 7) is 0.568. The predicted octanol–water partition coefficient (Wildman–Crippen LogP) is 0.204. The normalized spacial score (nSPS) is 12.6. The van der Waals surface area contributed by atoms with Crippen LogP contribution in [0.1, 0.15) is 6.42 Å².